The number of amides is 1. The van der Waals surface area contributed by atoms with E-state index < -0.39 is 17.8 Å². The van der Waals surface area contributed by atoms with Crippen LogP contribution in [0.15, 0.2) is 48.9 Å². The molecule has 0 fully saturated rings. The molecule has 4 aromatic rings. The number of hydrogen-bond donors (Lipinski definition) is 2. The third-order valence-corrected chi connectivity index (χ3v) is 5.36. The van der Waals surface area contributed by atoms with Crippen LogP contribution in [0.4, 0.5) is 15.9 Å². The summed E-state index contributed by atoms with van der Waals surface area (Å²) in [5.41, 5.74) is 8.09. The summed E-state index contributed by atoms with van der Waals surface area (Å²) in [6.07, 6.45) is 3.06. The van der Waals surface area contributed by atoms with Crippen molar-refractivity contribution in [3.05, 3.63) is 66.0 Å². The Balaban J connectivity index is 1.58. The van der Waals surface area contributed by atoms with E-state index in [1.165, 1.54) is 17.1 Å². The topological polar surface area (TPSA) is 130 Å². The van der Waals surface area contributed by atoms with Gasteiger partial charge in [-0.15, -0.1) is 5.10 Å². The lowest BCUT2D eigenvalue weighted by atomic mass is 10.1. The lowest BCUT2D eigenvalue weighted by molar-refractivity contribution is -0.120. The van der Waals surface area contributed by atoms with Crippen molar-refractivity contribution in [3.63, 3.8) is 0 Å². The Labute approximate surface area is 201 Å². The van der Waals surface area contributed by atoms with E-state index >= 15 is 0 Å². The van der Waals surface area contributed by atoms with E-state index in [1.807, 2.05) is 13.8 Å². The van der Waals surface area contributed by atoms with Crippen molar-refractivity contribution in [1.29, 1.82) is 0 Å². The van der Waals surface area contributed by atoms with Gasteiger partial charge in [0.25, 0.3) is 0 Å². The Morgan fingerprint density at radius 3 is 2.60 bits per heavy atom. The lowest BCUT2D eigenvalue weighted by Crippen LogP contribution is -2.28. The molecule has 2 heterocycles. The van der Waals surface area contributed by atoms with Gasteiger partial charge in [0, 0.05) is 24.9 Å². The van der Waals surface area contributed by atoms with E-state index in [1.54, 1.807) is 43.6 Å². The predicted octanol–water partition coefficient (Wildman–Crippen LogP) is 3.33. The Bertz CT molecular complexity index is 1320. The molecule has 1 atom stereocenters. The van der Waals surface area contributed by atoms with Crippen LogP contribution in [0.25, 0.3) is 10.9 Å². The predicted molar refractivity (Wildman–Crippen MR) is 128 cm³/mol. The average Bonchev–Trinajstić information content (AvgIpc) is 3.30. The monoisotopic (exact) mass is 479 g/mol. The fraction of sp³-hybridized carbons (Fsp3) is 0.292. The largest absolute Gasteiger partial charge is 0.491 e. The van der Waals surface area contributed by atoms with Gasteiger partial charge in [0.1, 0.15) is 30.3 Å². The van der Waals surface area contributed by atoms with Crippen molar-refractivity contribution in [3.8, 4) is 5.75 Å². The van der Waals surface area contributed by atoms with Crippen LogP contribution in [-0.4, -0.2) is 51.2 Å². The summed E-state index contributed by atoms with van der Waals surface area (Å²) in [4.78, 5) is 20.6. The third kappa shape index (κ3) is 5.35. The van der Waals surface area contributed by atoms with Gasteiger partial charge in [-0.2, -0.15) is 0 Å². The van der Waals surface area contributed by atoms with Crippen molar-refractivity contribution >= 4 is 28.3 Å². The standard InChI is InChI=1S/C24H26FN7O3/c1-14(2)20-12-32(31-30-20)22(23(26)33)15-4-6-16(7-5-15)29-24-21-18(25)10-17(35-9-8-34-3)11-19(21)27-13-28-24/h4-7,10-14,22H,8-9H2,1-3H3,(H2,26,33)(H,27,28,29). The summed E-state index contributed by atoms with van der Waals surface area (Å²) in [5, 5.41) is 11.5. The maximum atomic E-state index is 14.9. The molecular formula is C24H26FN7O3. The number of nitrogens with zero attached hydrogens (tertiary/aromatic N) is 5. The first kappa shape index (κ1) is 24.0. The van der Waals surface area contributed by atoms with E-state index in [9.17, 15) is 9.18 Å². The van der Waals surface area contributed by atoms with Crippen molar-refractivity contribution < 1.29 is 18.7 Å². The van der Waals surface area contributed by atoms with Gasteiger partial charge in [-0.3, -0.25) is 4.79 Å². The van der Waals surface area contributed by atoms with Crippen molar-refractivity contribution in [2.75, 3.05) is 25.6 Å². The van der Waals surface area contributed by atoms with E-state index in [-0.39, 0.29) is 11.3 Å². The van der Waals surface area contributed by atoms with Gasteiger partial charge in [-0.25, -0.2) is 19.0 Å². The minimum Gasteiger partial charge on any atom is -0.491 e. The SMILES string of the molecule is COCCOc1cc(F)c2c(Nc3ccc(C(C(N)=O)n4cc(C(C)C)nn4)cc3)ncnc2c1. The van der Waals surface area contributed by atoms with Crippen LogP contribution >= 0.6 is 0 Å². The lowest BCUT2D eigenvalue weighted by Gasteiger charge is -2.15. The first-order chi connectivity index (χ1) is 16.9. The highest BCUT2D eigenvalue weighted by Gasteiger charge is 2.22. The van der Waals surface area contributed by atoms with Crippen LogP contribution in [0.3, 0.4) is 0 Å². The zero-order valence-electron chi connectivity index (χ0n) is 19.6. The number of carbonyl (C=O) groups excluding carboxylic acids is 1. The first-order valence-electron chi connectivity index (χ1n) is 11.0. The van der Waals surface area contributed by atoms with Gasteiger partial charge in [0.15, 0.2) is 6.04 Å². The average molecular weight is 480 g/mol. The molecule has 0 spiro atoms. The van der Waals surface area contributed by atoms with Gasteiger partial charge in [0.2, 0.25) is 5.91 Å². The van der Waals surface area contributed by atoms with Crippen LogP contribution < -0.4 is 15.8 Å². The second-order valence-electron chi connectivity index (χ2n) is 8.19. The number of benzene rings is 2. The highest BCUT2D eigenvalue weighted by atomic mass is 19.1. The smallest absolute Gasteiger partial charge is 0.246 e. The van der Waals surface area contributed by atoms with Gasteiger partial charge in [0.05, 0.1) is 29.4 Å². The van der Waals surface area contributed by atoms with Crippen LogP contribution in [0.2, 0.25) is 0 Å². The van der Waals surface area contributed by atoms with Crippen LogP contribution in [-0.2, 0) is 9.53 Å². The number of nitrogens with one attached hydrogen (secondary N) is 1. The summed E-state index contributed by atoms with van der Waals surface area (Å²) in [6.45, 7) is 4.66. The molecule has 1 unspecified atom stereocenters. The quantitative estimate of drug-likeness (QED) is 0.331. The number of halogens is 1. The number of rotatable bonds is 10. The number of hydrogen-bond acceptors (Lipinski definition) is 8. The highest BCUT2D eigenvalue weighted by Crippen LogP contribution is 2.30. The molecule has 4 rings (SSSR count). The second kappa shape index (κ2) is 10.4. The van der Waals surface area contributed by atoms with Gasteiger partial charge < -0.3 is 20.5 Å². The summed E-state index contributed by atoms with van der Waals surface area (Å²) >= 11 is 0. The second-order valence-corrected chi connectivity index (χ2v) is 8.19. The molecule has 11 heteroatoms. The molecular weight excluding hydrogens is 453 g/mol. The zero-order valence-corrected chi connectivity index (χ0v) is 19.6. The Hall–Kier alpha value is -4.12. The van der Waals surface area contributed by atoms with Crippen molar-refractivity contribution in [1.82, 2.24) is 25.0 Å². The molecule has 1 amide bonds. The molecule has 35 heavy (non-hydrogen) atoms. The number of primary amides is 1. The van der Waals surface area contributed by atoms with E-state index in [4.69, 9.17) is 15.2 Å². The molecule has 2 aromatic carbocycles. The first-order valence-corrected chi connectivity index (χ1v) is 11.0. The summed E-state index contributed by atoms with van der Waals surface area (Å²) in [6, 6.07) is 9.12. The summed E-state index contributed by atoms with van der Waals surface area (Å²) in [7, 11) is 1.56. The number of aromatic nitrogens is 5. The van der Waals surface area contributed by atoms with Crippen molar-refractivity contribution in [2.24, 2.45) is 5.73 Å². The van der Waals surface area contributed by atoms with Gasteiger partial charge in [-0.05, 0) is 23.6 Å². The number of fused-ring (bicyclic) bond motifs is 1. The molecule has 0 radical (unpaired) electrons. The molecule has 0 bridgehead atoms. The minimum atomic E-state index is -0.807. The van der Waals surface area contributed by atoms with Crippen LogP contribution in [0.5, 0.6) is 5.75 Å². The molecule has 0 saturated heterocycles. The molecule has 182 valence electrons. The van der Waals surface area contributed by atoms with E-state index in [0.717, 1.165) is 5.69 Å². The number of methoxy groups -OCH3 is 1. The zero-order chi connectivity index (χ0) is 24.9. The van der Waals surface area contributed by atoms with Crippen LogP contribution in [0.1, 0.15) is 37.1 Å². The van der Waals surface area contributed by atoms with Crippen molar-refractivity contribution in [2.45, 2.75) is 25.8 Å². The summed E-state index contributed by atoms with van der Waals surface area (Å²) in [5.74, 6) is -0.255. The molecule has 0 aliphatic heterocycles. The molecule has 10 nitrogen and oxygen atoms in total. The number of nitrogens with two attached hydrogens (primary N) is 1. The number of ether oxygens (including phenoxy) is 2. The van der Waals surface area contributed by atoms with Crippen LogP contribution in [0, 0.1) is 5.82 Å². The number of carbonyl (C=O) groups is 1. The Morgan fingerprint density at radius 1 is 1.17 bits per heavy atom. The molecule has 0 saturated carbocycles. The maximum Gasteiger partial charge on any atom is 0.246 e. The maximum absolute atomic E-state index is 14.9. The van der Waals surface area contributed by atoms with Gasteiger partial charge >= 0.3 is 0 Å². The number of anilines is 2. The fourth-order valence-corrected chi connectivity index (χ4v) is 3.55. The van der Waals surface area contributed by atoms with E-state index in [0.29, 0.717) is 41.5 Å². The molecule has 3 N–H and O–H groups in total. The Morgan fingerprint density at radius 2 is 1.94 bits per heavy atom. The molecule has 0 aliphatic rings. The van der Waals surface area contributed by atoms with E-state index in [2.05, 4.69) is 25.6 Å². The third-order valence-electron chi connectivity index (χ3n) is 5.36. The highest BCUT2D eigenvalue weighted by molar-refractivity contribution is 5.92. The minimum absolute atomic E-state index is 0.167. The molecule has 2 aromatic heterocycles. The van der Waals surface area contributed by atoms with Gasteiger partial charge in [-0.1, -0.05) is 31.2 Å². The normalized spacial score (nSPS) is 12.1. The Kier molecular flexibility index (Phi) is 7.16. The molecule has 0 aliphatic carbocycles. The summed E-state index contributed by atoms with van der Waals surface area (Å²) < 4.78 is 26.8. The fourth-order valence-electron chi connectivity index (χ4n) is 3.55.